The number of hydrogen-bond acceptors (Lipinski definition) is 6. The highest BCUT2D eigenvalue weighted by Crippen LogP contribution is 2.34. The van der Waals surface area contributed by atoms with E-state index in [1.54, 1.807) is 16.8 Å². The number of anilines is 1. The van der Waals surface area contributed by atoms with Gasteiger partial charge >= 0.3 is 5.97 Å². The molecule has 202 valence electrons. The number of nitrogens with one attached hydrogen (secondary N) is 1. The van der Waals surface area contributed by atoms with Crippen molar-refractivity contribution in [3.63, 3.8) is 0 Å². The fraction of sp³-hybridized carbons (Fsp3) is 0.276. The lowest BCUT2D eigenvalue weighted by Crippen LogP contribution is -2.33. The van der Waals surface area contributed by atoms with Crippen molar-refractivity contribution in [2.45, 2.75) is 51.6 Å². The quantitative estimate of drug-likeness (QED) is 0.122. The molecule has 0 saturated heterocycles. The van der Waals surface area contributed by atoms with E-state index < -0.39 is 5.82 Å². The van der Waals surface area contributed by atoms with Gasteiger partial charge in [-0.15, -0.1) is 0 Å². The van der Waals surface area contributed by atoms with Gasteiger partial charge in [-0.1, -0.05) is 17.7 Å². The third-order valence-electron chi connectivity index (χ3n) is 6.95. The molecule has 2 heterocycles. The maximum Gasteiger partial charge on any atom is 0.308 e. The lowest BCUT2D eigenvalue weighted by Gasteiger charge is -2.28. The fourth-order valence-corrected chi connectivity index (χ4v) is 5.13. The molecule has 2 aromatic carbocycles. The van der Waals surface area contributed by atoms with Gasteiger partial charge in [0.15, 0.2) is 0 Å². The zero-order valence-electron chi connectivity index (χ0n) is 21.7. The molecule has 0 atom stereocenters. The van der Waals surface area contributed by atoms with E-state index in [1.165, 1.54) is 25.1 Å². The Hall–Kier alpha value is -3.95. The maximum atomic E-state index is 13.9. The molecule has 2 aromatic heterocycles. The number of rotatable bonds is 6. The van der Waals surface area contributed by atoms with Gasteiger partial charge in [-0.3, -0.25) is 4.79 Å². The van der Waals surface area contributed by atoms with E-state index in [1.807, 2.05) is 31.3 Å². The second-order valence-corrected chi connectivity index (χ2v) is 10.3. The number of ether oxygens (including phenoxy) is 1. The maximum absolute atomic E-state index is 13.9. The summed E-state index contributed by atoms with van der Waals surface area (Å²) in [5.74, 6) is -0.169. The number of aliphatic imine (C=N–C) groups is 1. The fourth-order valence-electron chi connectivity index (χ4n) is 4.97. The van der Waals surface area contributed by atoms with Crippen LogP contribution in [0.4, 0.5) is 15.8 Å². The molecule has 39 heavy (non-hydrogen) atoms. The van der Waals surface area contributed by atoms with E-state index in [-0.39, 0.29) is 29.6 Å². The summed E-state index contributed by atoms with van der Waals surface area (Å²) in [5, 5.41) is 8.57. The molecule has 0 unspecified atom stereocenters. The molecule has 10 heteroatoms. The SMILES string of the molecule is CC(=O)Oc1ccc(-c2cc3c(N[C@H]4CC[C@H](N)CC4)c(C(N)=Nc4cc(F)ccc4Cl)cnn3c2)c(C)c1. The van der Waals surface area contributed by atoms with Gasteiger partial charge in [0.05, 0.1) is 33.7 Å². The summed E-state index contributed by atoms with van der Waals surface area (Å²) in [6.45, 7) is 3.33. The Balaban J connectivity index is 1.59. The third kappa shape index (κ3) is 5.89. The minimum atomic E-state index is -0.456. The summed E-state index contributed by atoms with van der Waals surface area (Å²) in [7, 11) is 0. The summed E-state index contributed by atoms with van der Waals surface area (Å²) >= 11 is 6.25. The minimum Gasteiger partial charge on any atom is -0.427 e. The molecule has 5 N–H and O–H groups in total. The van der Waals surface area contributed by atoms with Gasteiger partial charge in [0.1, 0.15) is 17.4 Å². The summed E-state index contributed by atoms with van der Waals surface area (Å²) in [6.07, 6.45) is 7.29. The molecule has 5 rings (SSSR count). The molecule has 0 aliphatic heterocycles. The number of benzene rings is 2. The Morgan fingerprint density at radius 1 is 1.18 bits per heavy atom. The van der Waals surface area contributed by atoms with Crippen LogP contribution in [0, 0.1) is 12.7 Å². The number of nitrogens with zero attached hydrogens (tertiary/aromatic N) is 3. The van der Waals surface area contributed by atoms with Gasteiger partial charge in [0, 0.05) is 36.8 Å². The number of esters is 1. The van der Waals surface area contributed by atoms with Crippen molar-refractivity contribution in [2.24, 2.45) is 16.5 Å². The normalized spacial score (nSPS) is 17.8. The van der Waals surface area contributed by atoms with Crippen LogP contribution in [0.15, 0.2) is 59.9 Å². The van der Waals surface area contributed by atoms with Gasteiger partial charge in [0.2, 0.25) is 0 Å². The molecule has 4 aromatic rings. The monoisotopic (exact) mass is 548 g/mol. The summed E-state index contributed by atoms with van der Waals surface area (Å²) in [5.41, 5.74) is 17.9. The predicted octanol–water partition coefficient (Wildman–Crippen LogP) is 5.75. The molecule has 0 radical (unpaired) electrons. The Bertz CT molecular complexity index is 1580. The van der Waals surface area contributed by atoms with Crippen molar-refractivity contribution < 1.29 is 13.9 Å². The van der Waals surface area contributed by atoms with Crippen LogP contribution in [0.5, 0.6) is 5.75 Å². The van der Waals surface area contributed by atoms with E-state index in [2.05, 4.69) is 15.4 Å². The van der Waals surface area contributed by atoms with Crippen LogP contribution >= 0.6 is 11.6 Å². The van der Waals surface area contributed by atoms with E-state index in [4.69, 9.17) is 27.8 Å². The number of carbonyl (C=O) groups excluding carboxylic acids is 1. The molecule has 0 bridgehead atoms. The largest absolute Gasteiger partial charge is 0.427 e. The Labute approximate surface area is 230 Å². The molecule has 1 aliphatic carbocycles. The third-order valence-corrected chi connectivity index (χ3v) is 7.27. The zero-order chi connectivity index (χ0) is 27.7. The van der Waals surface area contributed by atoms with Crippen molar-refractivity contribution in [1.82, 2.24) is 9.61 Å². The van der Waals surface area contributed by atoms with Crippen LogP contribution in [0.25, 0.3) is 16.6 Å². The van der Waals surface area contributed by atoms with Gasteiger partial charge in [-0.05, 0) is 74.1 Å². The minimum absolute atomic E-state index is 0.164. The average Bonchev–Trinajstić information content (AvgIpc) is 3.32. The molecule has 1 saturated carbocycles. The second-order valence-electron chi connectivity index (χ2n) is 9.91. The van der Waals surface area contributed by atoms with Gasteiger partial charge in [-0.2, -0.15) is 5.10 Å². The molecular weight excluding hydrogens is 519 g/mol. The highest BCUT2D eigenvalue weighted by atomic mass is 35.5. The number of aryl methyl sites for hydroxylation is 1. The van der Waals surface area contributed by atoms with Crippen LogP contribution in [0.3, 0.4) is 0 Å². The summed E-state index contributed by atoms with van der Waals surface area (Å²) in [6, 6.07) is 11.9. The van der Waals surface area contributed by atoms with Crippen LogP contribution in [0.2, 0.25) is 5.02 Å². The number of amidine groups is 1. The lowest BCUT2D eigenvalue weighted by atomic mass is 9.91. The molecule has 8 nitrogen and oxygen atoms in total. The number of fused-ring (bicyclic) bond motifs is 1. The highest BCUT2D eigenvalue weighted by molar-refractivity contribution is 6.33. The molecule has 1 aliphatic rings. The highest BCUT2D eigenvalue weighted by Gasteiger charge is 2.22. The number of carbonyl (C=O) groups is 1. The van der Waals surface area contributed by atoms with E-state index in [0.717, 1.165) is 53.6 Å². The Kier molecular flexibility index (Phi) is 7.54. The molecular formula is C29H30ClFN6O2. The zero-order valence-corrected chi connectivity index (χ0v) is 22.5. The molecule has 0 amide bonds. The lowest BCUT2D eigenvalue weighted by molar-refractivity contribution is -0.131. The Morgan fingerprint density at radius 3 is 2.67 bits per heavy atom. The molecule has 1 fully saturated rings. The van der Waals surface area contributed by atoms with Crippen molar-refractivity contribution in [1.29, 1.82) is 0 Å². The van der Waals surface area contributed by atoms with E-state index in [9.17, 15) is 9.18 Å². The first-order valence-electron chi connectivity index (χ1n) is 12.8. The second kappa shape index (κ2) is 11.0. The van der Waals surface area contributed by atoms with Gasteiger partial charge in [-0.25, -0.2) is 13.9 Å². The number of halogens is 2. The molecule has 0 spiro atoms. The first kappa shape index (κ1) is 26.6. The van der Waals surface area contributed by atoms with Crippen LogP contribution in [-0.2, 0) is 4.79 Å². The Morgan fingerprint density at radius 2 is 1.95 bits per heavy atom. The van der Waals surface area contributed by atoms with Crippen molar-refractivity contribution >= 4 is 40.3 Å². The van der Waals surface area contributed by atoms with E-state index >= 15 is 0 Å². The predicted molar refractivity (Wildman–Crippen MR) is 152 cm³/mol. The van der Waals surface area contributed by atoms with Crippen molar-refractivity contribution in [3.05, 3.63) is 76.8 Å². The van der Waals surface area contributed by atoms with Crippen molar-refractivity contribution in [2.75, 3.05) is 5.32 Å². The van der Waals surface area contributed by atoms with Crippen LogP contribution in [-0.4, -0.2) is 33.5 Å². The smallest absolute Gasteiger partial charge is 0.308 e. The number of hydrogen-bond donors (Lipinski definition) is 3. The van der Waals surface area contributed by atoms with Gasteiger partial charge < -0.3 is 21.5 Å². The van der Waals surface area contributed by atoms with Crippen LogP contribution < -0.4 is 21.5 Å². The topological polar surface area (TPSA) is 120 Å². The average molecular weight is 549 g/mol. The van der Waals surface area contributed by atoms with Crippen molar-refractivity contribution in [3.8, 4) is 16.9 Å². The van der Waals surface area contributed by atoms with Gasteiger partial charge in [0.25, 0.3) is 0 Å². The summed E-state index contributed by atoms with van der Waals surface area (Å²) in [4.78, 5) is 15.8. The van der Waals surface area contributed by atoms with Crippen LogP contribution in [0.1, 0.15) is 43.7 Å². The number of aromatic nitrogens is 2. The first-order chi connectivity index (χ1) is 18.7. The first-order valence-corrected chi connectivity index (χ1v) is 13.2. The number of nitrogens with two attached hydrogens (primary N) is 2. The standard InChI is InChI=1S/C29H30ClFN6O2/c1-16-11-22(39-17(2)38)8-9-23(16)18-12-27-28(35-21-6-4-20(32)5-7-21)24(14-34-37(27)15-18)29(33)36-26-13-19(31)3-10-25(26)30/h3,8-15,20-21,35H,4-7,32H2,1-2H3,(H2,33,36)/t20-,21-. The van der Waals surface area contributed by atoms with E-state index in [0.29, 0.717) is 16.3 Å². The summed E-state index contributed by atoms with van der Waals surface area (Å²) < 4.78 is 20.9.